The third-order valence-corrected chi connectivity index (χ3v) is 3.99. The topological polar surface area (TPSA) is 83.4 Å². The Morgan fingerprint density at radius 1 is 1.23 bits per heavy atom. The Balaban J connectivity index is 2.00. The van der Waals surface area contributed by atoms with Crippen LogP contribution in [-0.4, -0.2) is 20.2 Å². The highest BCUT2D eigenvalue weighted by molar-refractivity contribution is 5.83. The number of hydrogen-bond donors (Lipinski definition) is 3. The summed E-state index contributed by atoms with van der Waals surface area (Å²) in [6.07, 6.45) is 0.923. The molecule has 0 saturated heterocycles. The molecule has 22 heavy (non-hydrogen) atoms. The predicted molar refractivity (Wildman–Crippen MR) is 89.5 cm³/mol. The second-order valence-electron chi connectivity index (χ2n) is 6.40. The highest BCUT2D eigenvalue weighted by atomic mass is 15.1. The van der Waals surface area contributed by atoms with E-state index in [2.05, 4.69) is 46.1 Å². The Hall–Kier alpha value is -2.14. The summed E-state index contributed by atoms with van der Waals surface area (Å²) in [5.74, 6) is 1.41. The highest BCUT2D eigenvalue weighted by Crippen LogP contribution is 2.28. The molecule has 0 radical (unpaired) electrons. The number of nitrogens with one attached hydrogen (secondary N) is 2. The maximum atomic E-state index is 6.23. The Labute approximate surface area is 130 Å². The third-order valence-electron chi connectivity index (χ3n) is 3.99. The summed E-state index contributed by atoms with van der Waals surface area (Å²) in [6, 6.07) is 6.21. The van der Waals surface area contributed by atoms with E-state index in [1.54, 1.807) is 0 Å². The minimum absolute atomic E-state index is 0.0479. The van der Waals surface area contributed by atoms with E-state index in [1.807, 2.05) is 19.9 Å². The highest BCUT2D eigenvalue weighted by Gasteiger charge is 2.14. The van der Waals surface area contributed by atoms with Gasteiger partial charge in [0.1, 0.15) is 5.82 Å². The molecule has 0 unspecified atom stereocenters. The molecule has 0 saturated carbocycles. The van der Waals surface area contributed by atoms with Crippen LogP contribution in [0, 0.1) is 19.8 Å². The summed E-state index contributed by atoms with van der Waals surface area (Å²) < 4.78 is 0. The number of nitrogens with two attached hydrogens (primary N) is 1. The van der Waals surface area contributed by atoms with Gasteiger partial charge < -0.3 is 10.7 Å². The van der Waals surface area contributed by atoms with E-state index in [0.29, 0.717) is 5.92 Å². The zero-order valence-corrected chi connectivity index (χ0v) is 13.6. The lowest BCUT2D eigenvalue weighted by Gasteiger charge is -2.10. The molecule has 0 amide bonds. The lowest BCUT2D eigenvalue weighted by atomic mass is 10.0. The zero-order valence-electron chi connectivity index (χ0n) is 13.6. The molecule has 0 aliphatic heterocycles. The van der Waals surface area contributed by atoms with Crippen LogP contribution in [0.25, 0.3) is 22.2 Å². The van der Waals surface area contributed by atoms with Crippen LogP contribution in [0.1, 0.15) is 43.5 Å². The van der Waals surface area contributed by atoms with Crippen molar-refractivity contribution < 1.29 is 0 Å². The second-order valence-corrected chi connectivity index (χ2v) is 6.40. The molecule has 0 spiro atoms. The van der Waals surface area contributed by atoms with E-state index in [-0.39, 0.29) is 6.04 Å². The van der Waals surface area contributed by atoms with Crippen LogP contribution in [0.4, 0.5) is 0 Å². The quantitative estimate of drug-likeness (QED) is 0.687. The molecule has 5 heteroatoms. The van der Waals surface area contributed by atoms with Crippen LogP contribution >= 0.6 is 0 Å². The number of H-pyrrole nitrogens is 2. The fourth-order valence-electron chi connectivity index (χ4n) is 2.96. The Morgan fingerprint density at radius 3 is 2.64 bits per heavy atom. The minimum atomic E-state index is -0.0479. The first-order valence-electron chi connectivity index (χ1n) is 7.73. The number of hydrogen-bond acceptors (Lipinski definition) is 3. The molecule has 1 aromatic carbocycles. The molecule has 1 atom stereocenters. The average Bonchev–Trinajstić information content (AvgIpc) is 3.01. The predicted octanol–water partition coefficient (Wildman–Crippen LogP) is 3.62. The maximum Gasteiger partial charge on any atom is 0.124 e. The molecule has 2 heterocycles. The van der Waals surface area contributed by atoms with Crippen molar-refractivity contribution in [1.82, 2.24) is 20.2 Å². The summed E-state index contributed by atoms with van der Waals surface area (Å²) in [6.45, 7) is 8.40. The second kappa shape index (κ2) is 5.57. The molecular formula is C17H23N5. The average molecular weight is 297 g/mol. The Morgan fingerprint density at radius 2 is 2.00 bits per heavy atom. The summed E-state index contributed by atoms with van der Waals surface area (Å²) >= 11 is 0. The number of fused-ring (bicyclic) bond motifs is 1. The van der Waals surface area contributed by atoms with E-state index in [1.165, 1.54) is 0 Å². The third kappa shape index (κ3) is 2.64. The molecule has 3 aromatic rings. The minimum Gasteiger partial charge on any atom is -0.341 e. The lowest BCUT2D eigenvalue weighted by Crippen LogP contribution is -2.14. The number of imidazole rings is 1. The first kappa shape index (κ1) is 14.8. The first-order valence-corrected chi connectivity index (χ1v) is 7.73. The van der Waals surface area contributed by atoms with Crippen LogP contribution in [-0.2, 0) is 0 Å². The van der Waals surface area contributed by atoms with Crippen molar-refractivity contribution in [2.45, 2.75) is 40.2 Å². The van der Waals surface area contributed by atoms with E-state index >= 15 is 0 Å². The number of nitrogens with zero attached hydrogens (tertiary/aromatic N) is 2. The van der Waals surface area contributed by atoms with Crippen molar-refractivity contribution in [3.05, 3.63) is 35.4 Å². The molecular weight excluding hydrogens is 274 g/mol. The van der Waals surface area contributed by atoms with Gasteiger partial charge in [-0.05, 0) is 43.9 Å². The number of rotatable bonds is 4. The smallest absolute Gasteiger partial charge is 0.124 e. The van der Waals surface area contributed by atoms with Gasteiger partial charge in [0.05, 0.1) is 22.8 Å². The van der Waals surface area contributed by atoms with Crippen LogP contribution in [0.15, 0.2) is 18.2 Å². The monoisotopic (exact) mass is 297 g/mol. The number of aromatic amines is 2. The summed E-state index contributed by atoms with van der Waals surface area (Å²) in [7, 11) is 0. The lowest BCUT2D eigenvalue weighted by molar-refractivity contribution is 0.496. The number of aryl methyl sites for hydroxylation is 2. The fraction of sp³-hybridized carbons (Fsp3) is 0.412. The van der Waals surface area contributed by atoms with Crippen molar-refractivity contribution in [3.63, 3.8) is 0 Å². The molecule has 5 nitrogen and oxygen atoms in total. The van der Waals surface area contributed by atoms with E-state index in [4.69, 9.17) is 5.73 Å². The van der Waals surface area contributed by atoms with Gasteiger partial charge in [-0.1, -0.05) is 19.9 Å². The molecule has 116 valence electrons. The van der Waals surface area contributed by atoms with Crippen LogP contribution in [0.5, 0.6) is 0 Å². The number of benzene rings is 1. The van der Waals surface area contributed by atoms with Gasteiger partial charge in [-0.2, -0.15) is 5.10 Å². The van der Waals surface area contributed by atoms with E-state index < -0.39 is 0 Å². The Bertz CT molecular complexity index is 777. The standard InChI is InChI=1S/C17H23N5/c1-9(2)7-13(18)17-19-14-6-5-12(8-15(14)20-17)16-10(3)21-22-11(16)4/h5-6,8-9,13H,7,18H2,1-4H3,(H,19,20)(H,21,22)/t13-/m1/s1. The van der Waals surface area contributed by atoms with Gasteiger partial charge in [0.2, 0.25) is 0 Å². The summed E-state index contributed by atoms with van der Waals surface area (Å²) in [4.78, 5) is 8.00. The van der Waals surface area contributed by atoms with E-state index in [9.17, 15) is 0 Å². The fourth-order valence-corrected chi connectivity index (χ4v) is 2.96. The molecule has 0 fully saturated rings. The van der Waals surface area contributed by atoms with Gasteiger partial charge in [0.25, 0.3) is 0 Å². The maximum absolute atomic E-state index is 6.23. The SMILES string of the molecule is Cc1n[nH]c(C)c1-c1ccc2nc([C@H](N)CC(C)C)[nH]c2c1. The van der Waals surface area contributed by atoms with Crippen LogP contribution in [0.3, 0.4) is 0 Å². The van der Waals surface area contributed by atoms with Gasteiger partial charge in [0.15, 0.2) is 0 Å². The van der Waals surface area contributed by atoms with Gasteiger partial charge in [-0.3, -0.25) is 5.10 Å². The van der Waals surface area contributed by atoms with Crippen molar-refractivity contribution in [2.75, 3.05) is 0 Å². The van der Waals surface area contributed by atoms with Gasteiger partial charge in [0, 0.05) is 11.3 Å². The summed E-state index contributed by atoms with van der Waals surface area (Å²) in [5.41, 5.74) is 12.6. The molecule has 0 aliphatic carbocycles. The normalized spacial score (nSPS) is 13.2. The molecule has 4 N–H and O–H groups in total. The van der Waals surface area contributed by atoms with Crippen molar-refractivity contribution in [2.24, 2.45) is 11.7 Å². The van der Waals surface area contributed by atoms with Crippen LogP contribution < -0.4 is 5.73 Å². The molecule has 0 bridgehead atoms. The number of aromatic nitrogens is 4. The van der Waals surface area contributed by atoms with E-state index in [0.717, 1.165) is 45.8 Å². The summed E-state index contributed by atoms with van der Waals surface area (Å²) in [5, 5.41) is 7.30. The molecule has 3 rings (SSSR count). The van der Waals surface area contributed by atoms with Crippen molar-refractivity contribution >= 4 is 11.0 Å². The molecule has 0 aliphatic rings. The van der Waals surface area contributed by atoms with Gasteiger partial charge in [-0.25, -0.2) is 4.98 Å². The largest absolute Gasteiger partial charge is 0.341 e. The van der Waals surface area contributed by atoms with Gasteiger partial charge >= 0.3 is 0 Å². The Kier molecular flexibility index (Phi) is 3.74. The van der Waals surface area contributed by atoms with Crippen molar-refractivity contribution in [1.29, 1.82) is 0 Å². The first-order chi connectivity index (χ1) is 10.5. The van der Waals surface area contributed by atoms with Crippen LogP contribution in [0.2, 0.25) is 0 Å². The molecule has 2 aromatic heterocycles. The zero-order chi connectivity index (χ0) is 15.9. The van der Waals surface area contributed by atoms with Crippen molar-refractivity contribution in [3.8, 4) is 11.1 Å². The van der Waals surface area contributed by atoms with Gasteiger partial charge in [-0.15, -0.1) is 0 Å².